The van der Waals surface area contributed by atoms with Crippen molar-refractivity contribution in [2.24, 2.45) is 5.84 Å². The molecular formula is C12H12ClN5O3. The number of anilines is 3. The SMILES string of the molecule is COc1cc(Nc2nc(NN)ccc2[N+](=O)[O-])ccc1Cl. The largest absolute Gasteiger partial charge is 0.495 e. The predicted octanol–water partition coefficient (Wildman–Crippen LogP) is 2.68. The van der Waals surface area contributed by atoms with Crippen LogP contribution in [0.5, 0.6) is 5.75 Å². The summed E-state index contributed by atoms with van der Waals surface area (Å²) in [4.78, 5) is 14.5. The Morgan fingerprint density at radius 3 is 2.76 bits per heavy atom. The average molecular weight is 310 g/mol. The molecule has 9 heteroatoms. The standard InChI is InChI=1S/C12H12ClN5O3/c1-21-10-6-7(2-3-8(10)13)15-12-9(18(19)20)4-5-11(16-12)17-14/h2-6H,14H2,1H3,(H2,15,16,17). The van der Waals surface area contributed by atoms with Crippen LogP contribution in [0.15, 0.2) is 30.3 Å². The lowest BCUT2D eigenvalue weighted by Crippen LogP contribution is -2.10. The van der Waals surface area contributed by atoms with Crippen molar-refractivity contribution in [3.8, 4) is 5.75 Å². The molecule has 0 aliphatic rings. The Morgan fingerprint density at radius 1 is 1.38 bits per heavy atom. The van der Waals surface area contributed by atoms with Gasteiger partial charge in [-0.3, -0.25) is 10.1 Å². The van der Waals surface area contributed by atoms with E-state index in [0.717, 1.165) is 0 Å². The lowest BCUT2D eigenvalue weighted by molar-refractivity contribution is -0.384. The fourth-order valence-electron chi connectivity index (χ4n) is 1.65. The zero-order valence-corrected chi connectivity index (χ0v) is 11.7. The molecule has 4 N–H and O–H groups in total. The van der Waals surface area contributed by atoms with Crippen molar-refractivity contribution in [3.63, 3.8) is 0 Å². The predicted molar refractivity (Wildman–Crippen MR) is 80.0 cm³/mol. The lowest BCUT2D eigenvalue weighted by Gasteiger charge is -2.10. The number of aromatic nitrogens is 1. The molecule has 21 heavy (non-hydrogen) atoms. The molecule has 2 rings (SSSR count). The van der Waals surface area contributed by atoms with E-state index in [2.05, 4.69) is 15.7 Å². The van der Waals surface area contributed by atoms with E-state index < -0.39 is 4.92 Å². The van der Waals surface area contributed by atoms with Crippen LogP contribution in [-0.2, 0) is 0 Å². The Labute approximate surface area is 125 Å². The number of hydrazine groups is 1. The molecule has 0 fully saturated rings. The summed E-state index contributed by atoms with van der Waals surface area (Å²) in [6.07, 6.45) is 0. The van der Waals surface area contributed by atoms with Gasteiger partial charge >= 0.3 is 5.69 Å². The third kappa shape index (κ3) is 3.30. The number of nitrogens with one attached hydrogen (secondary N) is 2. The summed E-state index contributed by atoms with van der Waals surface area (Å²) in [5.41, 5.74) is 2.70. The Hall–Kier alpha value is -2.58. The number of ether oxygens (including phenoxy) is 1. The molecule has 0 saturated carbocycles. The number of pyridine rings is 1. The zero-order valence-electron chi connectivity index (χ0n) is 11.0. The summed E-state index contributed by atoms with van der Waals surface area (Å²) in [5, 5.41) is 14.3. The van der Waals surface area contributed by atoms with Gasteiger partial charge in [0.1, 0.15) is 11.6 Å². The minimum Gasteiger partial charge on any atom is -0.495 e. The molecule has 0 aliphatic heterocycles. The van der Waals surface area contributed by atoms with Crippen LogP contribution >= 0.6 is 11.6 Å². The van der Waals surface area contributed by atoms with Crippen molar-refractivity contribution in [2.75, 3.05) is 17.9 Å². The van der Waals surface area contributed by atoms with Crippen molar-refractivity contribution in [1.82, 2.24) is 4.98 Å². The number of nitro groups is 1. The van der Waals surface area contributed by atoms with Gasteiger partial charge in [-0.05, 0) is 18.2 Å². The first kappa shape index (κ1) is 14.8. The molecule has 0 aliphatic carbocycles. The third-order valence-electron chi connectivity index (χ3n) is 2.63. The number of nitrogen functional groups attached to an aromatic ring is 1. The smallest absolute Gasteiger partial charge is 0.311 e. The van der Waals surface area contributed by atoms with Crippen LogP contribution in [0.2, 0.25) is 5.02 Å². The van der Waals surface area contributed by atoms with Gasteiger partial charge in [0, 0.05) is 17.8 Å². The Morgan fingerprint density at radius 2 is 2.14 bits per heavy atom. The molecule has 0 amide bonds. The van der Waals surface area contributed by atoms with Crippen molar-refractivity contribution in [2.45, 2.75) is 0 Å². The summed E-state index contributed by atoms with van der Waals surface area (Å²) in [6, 6.07) is 7.58. The first-order valence-electron chi connectivity index (χ1n) is 5.77. The van der Waals surface area contributed by atoms with Crippen molar-refractivity contribution >= 4 is 34.6 Å². The van der Waals surface area contributed by atoms with Gasteiger partial charge in [-0.25, -0.2) is 10.8 Å². The third-order valence-corrected chi connectivity index (χ3v) is 2.94. The van der Waals surface area contributed by atoms with E-state index in [1.54, 1.807) is 18.2 Å². The molecule has 1 heterocycles. The average Bonchev–Trinajstić information content (AvgIpc) is 2.48. The van der Waals surface area contributed by atoms with Gasteiger partial charge in [0.15, 0.2) is 0 Å². The Kier molecular flexibility index (Phi) is 4.41. The molecule has 0 radical (unpaired) electrons. The number of nitrogens with two attached hydrogens (primary N) is 1. The van der Waals surface area contributed by atoms with Crippen LogP contribution in [0.3, 0.4) is 0 Å². The van der Waals surface area contributed by atoms with Crippen molar-refractivity contribution < 1.29 is 9.66 Å². The van der Waals surface area contributed by atoms with Crippen LogP contribution in [0, 0.1) is 10.1 Å². The van der Waals surface area contributed by atoms with E-state index in [-0.39, 0.29) is 11.5 Å². The zero-order chi connectivity index (χ0) is 15.4. The van der Waals surface area contributed by atoms with E-state index in [1.807, 2.05) is 0 Å². The van der Waals surface area contributed by atoms with Crippen molar-refractivity contribution in [1.29, 1.82) is 0 Å². The van der Waals surface area contributed by atoms with Crippen LogP contribution in [0.4, 0.5) is 23.0 Å². The molecule has 0 bridgehead atoms. The first-order valence-corrected chi connectivity index (χ1v) is 6.15. The molecule has 0 atom stereocenters. The number of halogens is 1. The van der Waals surface area contributed by atoms with Crippen LogP contribution < -0.4 is 21.3 Å². The van der Waals surface area contributed by atoms with Gasteiger partial charge in [-0.2, -0.15) is 0 Å². The minimum atomic E-state index is -0.539. The quantitative estimate of drug-likeness (QED) is 0.441. The second-order valence-corrected chi connectivity index (χ2v) is 4.35. The summed E-state index contributed by atoms with van der Waals surface area (Å²) in [5.74, 6) is 6.05. The van der Waals surface area contributed by atoms with Crippen LogP contribution in [-0.4, -0.2) is 17.0 Å². The van der Waals surface area contributed by atoms with E-state index in [4.69, 9.17) is 22.2 Å². The lowest BCUT2D eigenvalue weighted by atomic mass is 10.3. The summed E-state index contributed by atoms with van der Waals surface area (Å²) in [6.45, 7) is 0. The second-order valence-electron chi connectivity index (χ2n) is 3.94. The number of benzene rings is 1. The second kappa shape index (κ2) is 6.25. The van der Waals surface area contributed by atoms with Crippen LogP contribution in [0.1, 0.15) is 0 Å². The Balaban J connectivity index is 2.40. The highest BCUT2D eigenvalue weighted by Crippen LogP contribution is 2.31. The first-order chi connectivity index (χ1) is 10.0. The normalized spacial score (nSPS) is 10.0. The minimum absolute atomic E-state index is 0.0554. The van der Waals surface area contributed by atoms with E-state index in [0.29, 0.717) is 22.3 Å². The molecule has 0 unspecified atom stereocenters. The number of nitrogens with zero attached hydrogens (tertiary/aromatic N) is 2. The summed E-state index contributed by atoms with van der Waals surface area (Å²) in [7, 11) is 1.48. The molecule has 1 aromatic heterocycles. The van der Waals surface area contributed by atoms with E-state index >= 15 is 0 Å². The van der Waals surface area contributed by atoms with Crippen LogP contribution in [0.25, 0.3) is 0 Å². The molecule has 0 spiro atoms. The molecule has 110 valence electrons. The molecule has 1 aromatic carbocycles. The van der Waals surface area contributed by atoms with Gasteiger partial charge in [-0.1, -0.05) is 11.6 Å². The van der Waals surface area contributed by atoms with Gasteiger partial charge in [0.05, 0.1) is 17.1 Å². The fraction of sp³-hybridized carbons (Fsp3) is 0.0833. The van der Waals surface area contributed by atoms with Gasteiger partial charge < -0.3 is 15.5 Å². The monoisotopic (exact) mass is 309 g/mol. The highest BCUT2D eigenvalue weighted by Gasteiger charge is 2.16. The Bertz CT molecular complexity index is 680. The maximum atomic E-state index is 11.0. The topological polar surface area (TPSA) is 115 Å². The molecule has 0 saturated heterocycles. The molecule has 2 aromatic rings. The van der Waals surface area contributed by atoms with Gasteiger partial charge in [0.2, 0.25) is 5.82 Å². The number of rotatable bonds is 5. The van der Waals surface area contributed by atoms with Crippen molar-refractivity contribution in [3.05, 3.63) is 45.5 Å². The van der Waals surface area contributed by atoms with Gasteiger partial charge in [0.25, 0.3) is 0 Å². The summed E-state index contributed by atoms with van der Waals surface area (Å²) < 4.78 is 5.09. The number of hydrogen-bond donors (Lipinski definition) is 3. The highest BCUT2D eigenvalue weighted by molar-refractivity contribution is 6.32. The number of methoxy groups -OCH3 is 1. The van der Waals surface area contributed by atoms with E-state index in [9.17, 15) is 10.1 Å². The molecular weight excluding hydrogens is 298 g/mol. The maximum Gasteiger partial charge on any atom is 0.311 e. The number of hydrogen-bond acceptors (Lipinski definition) is 7. The summed E-state index contributed by atoms with van der Waals surface area (Å²) >= 11 is 5.93. The molecule has 8 nitrogen and oxygen atoms in total. The highest BCUT2D eigenvalue weighted by atomic mass is 35.5. The van der Waals surface area contributed by atoms with Gasteiger partial charge in [-0.15, -0.1) is 0 Å². The fourth-order valence-corrected chi connectivity index (χ4v) is 1.84. The van der Waals surface area contributed by atoms with E-state index in [1.165, 1.54) is 19.2 Å². The maximum absolute atomic E-state index is 11.0.